The summed E-state index contributed by atoms with van der Waals surface area (Å²) in [6.07, 6.45) is 0.273. The number of nitrogen functional groups attached to an aromatic ring is 1. The van der Waals surface area contributed by atoms with E-state index in [0.717, 1.165) is 5.56 Å². The standard InChI is InChI=1S/C13H17N3O2/c1-15(2)5-6-16-12(17)7-9-3-4-10(14)8-11(9)13(16)18/h3-4,8H,5-7,14H2,1-2H3. The van der Waals surface area contributed by atoms with Crippen molar-refractivity contribution in [3.8, 4) is 0 Å². The van der Waals surface area contributed by atoms with Crippen molar-refractivity contribution >= 4 is 17.5 Å². The summed E-state index contributed by atoms with van der Waals surface area (Å²) in [5.74, 6) is -0.380. The van der Waals surface area contributed by atoms with Gasteiger partial charge in [0, 0.05) is 24.3 Å². The van der Waals surface area contributed by atoms with Crippen LogP contribution < -0.4 is 5.73 Å². The van der Waals surface area contributed by atoms with Gasteiger partial charge in [-0.3, -0.25) is 14.5 Å². The van der Waals surface area contributed by atoms with Crippen LogP contribution in [-0.4, -0.2) is 48.8 Å². The molecule has 0 saturated carbocycles. The SMILES string of the molecule is CN(C)CCN1C(=O)Cc2ccc(N)cc2C1=O. The number of carbonyl (C=O) groups is 2. The van der Waals surface area contributed by atoms with Crippen molar-refractivity contribution < 1.29 is 9.59 Å². The van der Waals surface area contributed by atoms with Gasteiger partial charge in [0.2, 0.25) is 5.91 Å². The molecule has 1 aliphatic rings. The number of nitrogens with zero attached hydrogens (tertiary/aromatic N) is 2. The Bertz CT molecular complexity index is 497. The minimum Gasteiger partial charge on any atom is -0.399 e. The lowest BCUT2D eigenvalue weighted by Crippen LogP contribution is -2.45. The van der Waals surface area contributed by atoms with E-state index in [0.29, 0.717) is 24.3 Å². The lowest BCUT2D eigenvalue weighted by Gasteiger charge is -2.28. The molecule has 2 amide bonds. The van der Waals surface area contributed by atoms with Crippen LogP contribution >= 0.6 is 0 Å². The van der Waals surface area contributed by atoms with Gasteiger partial charge in [0.15, 0.2) is 0 Å². The molecule has 0 radical (unpaired) electrons. The molecule has 0 spiro atoms. The Kier molecular flexibility index (Phi) is 3.34. The zero-order valence-corrected chi connectivity index (χ0v) is 10.6. The molecule has 0 aliphatic carbocycles. The average Bonchev–Trinajstić information content (AvgIpc) is 2.30. The molecule has 0 fully saturated rings. The number of hydrogen-bond donors (Lipinski definition) is 1. The van der Waals surface area contributed by atoms with Gasteiger partial charge in [-0.2, -0.15) is 0 Å². The molecule has 5 nitrogen and oxygen atoms in total. The van der Waals surface area contributed by atoms with Crippen LogP contribution in [0.15, 0.2) is 18.2 Å². The fourth-order valence-corrected chi connectivity index (χ4v) is 1.99. The summed E-state index contributed by atoms with van der Waals surface area (Å²) in [5, 5.41) is 0. The number of amides is 2. The Balaban J connectivity index is 2.26. The highest BCUT2D eigenvalue weighted by atomic mass is 16.2. The van der Waals surface area contributed by atoms with E-state index in [1.807, 2.05) is 19.0 Å². The number of fused-ring (bicyclic) bond motifs is 1. The second kappa shape index (κ2) is 4.78. The van der Waals surface area contributed by atoms with Gasteiger partial charge < -0.3 is 10.6 Å². The van der Waals surface area contributed by atoms with Gasteiger partial charge in [-0.15, -0.1) is 0 Å². The van der Waals surface area contributed by atoms with E-state index in [1.165, 1.54) is 4.90 Å². The van der Waals surface area contributed by atoms with Crippen LogP contribution in [0.3, 0.4) is 0 Å². The number of rotatable bonds is 3. The highest BCUT2D eigenvalue weighted by molar-refractivity contribution is 6.10. The predicted molar refractivity (Wildman–Crippen MR) is 69.2 cm³/mol. The van der Waals surface area contributed by atoms with Crippen molar-refractivity contribution in [2.45, 2.75) is 6.42 Å². The molecule has 0 saturated heterocycles. The van der Waals surface area contributed by atoms with E-state index >= 15 is 0 Å². The maximum atomic E-state index is 12.2. The Hall–Kier alpha value is -1.88. The van der Waals surface area contributed by atoms with Gasteiger partial charge >= 0.3 is 0 Å². The molecule has 1 aliphatic heterocycles. The van der Waals surface area contributed by atoms with Gasteiger partial charge in [-0.1, -0.05) is 6.07 Å². The summed E-state index contributed by atoms with van der Waals surface area (Å²) in [7, 11) is 3.82. The molecule has 0 bridgehead atoms. The van der Waals surface area contributed by atoms with Crippen LogP contribution in [0, 0.1) is 0 Å². The molecule has 5 heteroatoms. The van der Waals surface area contributed by atoms with Crippen molar-refractivity contribution in [1.82, 2.24) is 9.80 Å². The highest BCUT2D eigenvalue weighted by Crippen LogP contribution is 2.22. The molecule has 96 valence electrons. The predicted octanol–water partition coefficient (Wildman–Crippen LogP) is 0.355. The first-order chi connectivity index (χ1) is 8.49. The van der Waals surface area contributed by atoms with E-state index < -0.39 is 0 Å². The molecule has 1 aromatic rings. The first-order valence-corrected chi connectivity index (χ1v) is 5.87. The topological polar surface area (TPSA) is 66.6 Å². The highest BCUT2D eigenvalue weighted by Gasteiger charge is 2.30. The quantitative estimate of drug-likeness (QED) is 0.618. The maximum absolute atomic E-state index is 12.2. The summed E-state index contributed by atoms with van der Waals surface area (Å²) in [5.41, 5.74) is 7.54. The molecule has 18 heavy (non-hydrogen) atoms. The third kappa shape index (κ3) is 2.36. The van der Waals surface area contributed by atoms with Gasteiger partial charge in [-0.05, 0) is 31.8 Å². The van der Waals surface area contributed by atoms with Crippen LogP contribution in [0.2, 0.25) is 0 Å². The summed E-state index contributed by atoms with van der Waals surface area (Å²) in [6.45, 7) is 1.08. The van der Waals surface area contributed by atoms with Crippen LogP contribution in [0.5, 0.6) is 0 Å². The Morgan fingerprint density at radius 3 is 2.72 bits per heavy atom. The van der Waals surface area contributed by atoms with Gasteiger partial charge in [0.1, 0.15) is 0 Å². The zero-order valence-electron chi connectivity index (χ0n) is 10.6. The molecular weight excluding hydrogens is 230 g/mol. The Morgan fingerprint density at radius 2 is 2.06 bits per heavy atom. The fraction of sp³-hybridized carbons (Fsp3) is 0.385. The van der Waals surface area contributed by atoms with Crippen LogP contribution in [-0.2, 0) is 11.2 Å². The summed E-state index contributed by atoms with van der Waals surface area (Å²) in [4.78, 5) is 27.4. The fourth-order valence-electron chi connectivity index (χ4n) is 1.99. The summed E-state index contributed by atoms with van der Waals surface area (Å²) in [6, 6.07) is 5.12. The van der Waals surface area contributed by atoms with Crippen molar-refractivity contribution in [1.29, 1.82) is 0 Å². The molecule has 0 unspecified atom stereocenters. The van der Waals surface area contributed by atoms with Crippen molar-refractivity contribution in [3.05, 3.63) is 29.3 Å². The van der Waals surface area contributed by atoms with Crippen molar-refractivity contribution in [3.63, 3.8) is 0 Å². The minimum absolute atomic E-state index is 0.140. The number of likely N-dealkylation sites (N-methyl/N-ethyl adjacent to an activating group) is 1. The third-order valence-corrected chi connectivity index (χ3v) is 3.02. The molecular formula is C13H17N3O2. The normalized spacial score (nSPS) is 15.2. The van der Waals surface area contributed by atoms with Gasteiger partial charge in [-0.25, -0.2) is 0 Å². The number of benzene rings is 1. The van der Waals surface area contributed by atoms with E-state index in [4.69, 9.17) is 5.73 Å². The Labute approximate surface area is 106 Å². The molecule has 1 heterocycles. The van der Waals surface area contributed by atoms with Crippen molar-refractivity contribution in [2.24, 2.45) is 0 Å². The number of carbonyl (C=O) groups excluding carboxylic acids is 2. The van der Waals surface area contributed by atoms with Crippen LogP contribution in [0.4, 0.5) is 5.69 Å². The van der Waals surface area contributed by atoms with Crippen molar-refractivity contribution in [2.75, 3.05) is 32.9 Å². The molecule has 2 N–H and O–H groups in total. The van der Waals surface area contributed by atoms with E-state index in [2.05, 4.69) is 0 Å². The zero-order chi connectivity index (χ0) is 13.3. The van der Waals surface area contributed by atoms with E-state index in [-0.39, 0.29) is 18.2 Å². The Morgan fingerprint density at radius 1 is 1.33 bits per heavy atom. The lowest BCUT2D eigenvalue weighted by atomic mass is 9.98. The van der Waals surface area contributed by atoms with Gasteiger partial charge in [0.05, 0.1) is 6.42 Å². The van der Waals surface area contributed by atoms with E-state index in [1.54, 1.807) is 18.2 Å². The third-order valence-electron chi connectivity index (χ3n) is 3.02. The smallest absolute Gasteiger partial charge is 0.260 e. The second-order valence-electron chi connectivity index (χ2n) is 4.75. The maximum Gasteiger partial charge on any atom is 0.260 e. The van der Waals surface area contributed by atoms with Crippen LogP contribution in [0.25, 0.3) is 0 Å². The summed E-state index contributed by atoms with van der Waals surface area (Å²) >= 11 is 0. The van der Waals surface area contributed by atoms with Crippen LogP contribution in [0.1, 0.15) is 15.9 Å². The lowest BCUT2D eigenvalue weighted by molar-refractivity contribution is -0.128. The first kappa shape index (κ1) is 12.6. The molecule has 1 aromatic carbocycles. The number of nitrogens with two attached hydrogens (primary N) is 1. The number of hydrogen-bond acceptors (Lipinski definition) is 4. The largest absolute Gasteiger partial charge is 0.399 e. The second-order valence-corrected chi connectivity index (χ2v) is 4.75. The van der Waals surface area contributed by atoms with E-state index in [9.17, 15) is 9.59 Å². The van der Waals surface area contributed by atoms with Gasteiger partial charge in [0.25, 0.3) is 5.91 Å². The number of anilines is 1. The first-order valence-electron chi connectivity index (χ1n) is 5.87. The molecule has 0 atom stereocenters. The number of imide groups is 1. The molecule has 0 aromatic heterocycles. The average molecular weight is 247 g/mol. The minimum atomic E-state index is -0.240. The molecule has 2 rings (SSSR count). The monoisotopic (exact) mass is 247 g/mol. The summed E-state index contributed by atoms with van der Waals surface area (Å²) < 4.78 is 0.